The lowest BCUT2D eigenvalue weighted by molar-refractivity contribution is -0.759. The molecular weight excluding hydrogens is 306 g/mol. The van der Waals surface area contributed by atoms with Crippen LogP contribution in [-0.4, -0.2) is 4.52 Å². The number of halogens is 2. The molecule has 0 N–H and O–H groups in total. The summed E-state index contributed by atoms with van der Waals surface area (Å²) in [4.78, 5) is 0. The van der Waals surface area contributed by atoms with E-state index in [1.807, 2.05) is 19.2 Å². The first-order valence-electron chi connectivity index (χ1n) is 8.51. The van der Waals surface area contributed by atoms with Gasteiger partial charge in [-0.25, -0.2) is 8.78 Å². The molecule has 0 fully saturated rings. The summed E-state index contributed by atoms with van der Waals surface area (Å²) < 4.78 is 32.9. The summed E-state index contributed by atoms with van der Waals surface area (Å²) in [6.07, 6.45) is 3.70. The average Bonchev–Trinajstić information content (AvgIpc) is 2.90. The predicted octanol–water partition coefficient (Wildman–Crippen LogP) is 4.55. The van der Waals surface area contributed by atoms with Crippen molar-refractivity contribution in [3.05, 3.63) is 59.3 Å². The number of benzene rings is 1. The number of rotatable bonds is 2. The Morgan fingerprint density at radius 1 is 1.12 bits per heavy atom. The third-order valence-electron chi connectivity index (χ3n) is 5.63. The van der Waals surface area contributed by atoms with Gasteiger partial charge in [0.05, 0.1) is 17.2 Å². The Balaban J connectivity index is 2.12. The maximum atomic E-state index is 14.8. The Morgan fingerprint density at radius 2 is 1.88 bits per heavy atom. The average molecular weight is 327 g/mol. The highest BCUT2D eigenvalue weighted by Gasteiger charge is 2.45. The molecule has 24 heavy (non-hydrogen) atoms. The highest BCUT2D eigenvalue weighted by molar-refractivity contribution is 5.69. The van der Waals surface area contributed by atoms with E-state index in [0.717, 1.165) is 47.8 Å². The van der Waals surface area contributed by atoms with Gasteiger partial charge in [-0.1, -0.05) is 13.8 Å². The first-order chi connectivity index (χ1) is 11.5. The number of pyridine rings is 1. The smallest absolute Gasteiger partial charge is 0.207 e. The number of aryl methyl sites for hydroxylation is 1. The Kier molecular flexibility index (Phi) is 3.27. The zero-order valence-electron chi connectivity index (χ0n) is 14.2. The van der Waals surface area contributed by atoms with Crippen LogP contribution < -0.4 is 4.68 Å². The van der Waals surface area contributed by atoms with E-state index in [4.69, 9.17) is 0 Å². The Labute approximate surface area is 140 Å². The van der Waals surface area contributed by atoms with Gasteiger partial charge in [0, 0.05) is 12.1 Å². The third-order valence-corrected chi connectivity index (χ3v) is 5.63. The lowest BCUT2D eigenvalue weighted by atomic mass is 9.71. The maximum absolute atomic E-state index is 14.8. The number of hydrogen-bond acceptors (Lipinski definition) is 0. The van der Waals surface area contributed by atoms with E-state index < -0.39 is 11.6 Å². The van der Waals surface area contributed by atoms with Crippen molar-refractivity contribution in [1.29, 1.82) is 0 Å². The van der Waals surface area contributed by atoms with Gasteiger partial charge in [0.25, 0.3) is 0 Å². The normalized spacial score (nSPS) is 15.4. The highest BCUT2D eigenvalue weighted by Crippen LogP contribution is 2.43. The number of aromatic nitrogens is 2. The van der Waals surface area contributed by atoms with Crippen molar-refractivity contribution in [3.8, 4) is 11.3 Å². The Bertz CT molecular complexity index is 952. The van der Waals surface area contributed by atoms with Crippen molar-refractivity contribution in [2.45, 2.75) is 45.6 Å². The zero-order valence-corrected chi connectivity index (χ0v) is 14.2. The minimum atomic E-state index is -0.495. The second-order valence-corrected chi connectivity index (χ2v) is 6.86. The van der Waals surface area contributed by atoms with Crippen molar-refractivity contribution in [1.82, 2.24) is 4.52 Å². The monoisotopic (exact) mass is 327 g/mol. The van der Waals surface area contributed by atoms with E-state index in [2.05, 4.69) is 35.2 Å². The summed E-state index contributed by atoms with van der Waals surface area (Å²) in [5.74, 6) is -0.970. The van der Waals surface area contributed by atoms with Crippen LogP contribution in [0, 0.1) is 18.6 Å². The highest BCUT2D eigenvalue weighted by atomic mass is 19.1. The summed E-state index contributed by atoms with van der Waals surface area (Å²) in [5.41, 5.74) is 4.11. The van der Waals surface area contributed by atoms with Crippen molar-refractivity contribution in [3.63, 3.8) is 0 Å². The van der Waals surface area contributed by atoms with E-state index in [1.165, 1.54) is 6.07 Å². The third kappa shape index (κ3) is 1.95. The molecule has 124 valence electrons. The summed E-state index contributed by atoms with van der Waals surface area (Å²) >= 11 is 0. The summed E-state index contributed by atoms with van der Waals surface area (Å²) in [6.45, 7) is 6.97. The molecule has 0 saturated carbocycles. The SMILES string of the molecule is CCC1(CC)C[n+]2c(cc3cc(C)ccn32)-c2c(F)cc(F)cc21. The minimum absolute atomic E-state index is 0.255. The lowest BCUT2D eigenvalue weighted by Gasteiger charge is -2.33. The van der Waals surface area contributed by atoms with E-state index in [-0.39, 0.29) is 5.41 Å². The maximum Gasteiger partial charge on any atom is 0.242 e. The van der Waals surface area contributed by atoms with Crippen LogP contribution in [0.5, 0.6) is 0 Å². The van der Waals surface area contributed by atoms with Gasteiger partial charge in [-0.2, -0.15) is 0 Å². The molecule has 0 radical (unpaired) electrons. The number of fused-ring (bicyclic) bond motifs is 5. The lowest BCUT2D eigenvalue weighted by Crippen LogP contribution is -2.53. The molecule has 0 unspecified atom stereocenters. The fraction of sp³-hybridized carbons (Fsp3) is 0.350. The predicted molar refractivity (Wildman–Crippen MR) is 89.9 cm³/mol. The quantitative estimate of drug-likeness (QED) is 0.610. The van der Waals surface area contributed by atoms with Crippen LogP contribution in [-0.2, 0) is 12.0 Å². The zero-order chi connectivity index (χ0) is 17.1. The van der Waals surface area contributed by atoms with Gasteiger partial charge in [-0.3, -0.25) is 0 Å². The van der Waals surface area contributed by atoms with Crippen LogP contribution in [0.25, 0.3) is 16.8 Å². The molecule has 3 aromatic rings. The van der Waals surface area contributed by atoms with Gasteiger partial charge >= 0.3 is 0 Å². The fourth-order valence-corrected chi connectivity index (χ4v) is 4.12. The molecule has 0 spiro atoms. The Morgan fingerprint density at radius 3 is 2.58 bits per heavy atom. The van der Waals surface area contributed by atoms with Gasteiger partial charge < -0.3 is 0 Å². The van der Waals surface area contributed by atoms with Crippen molar-refractivity contribution in [2.24, 2.45) is 0 Å². The van der Waals surface area contributed by atoms with Crippen LogP contribution >= 0.6 is 0 Å². The van der Waals surface area contributed by atoms with Crippen molar-refractivity contribution < 1.29 is 13.5 Å². The number of nitrogens with zero attached hydrogens (tertiary/aromatic N) is 2. The largest absolute Gasteiger partial charge is 0.242 e. The van der Waals surface area contributed by atoms with Crippen LogP contribution in [0.1, 0.15) is 37.8 Å². The molecule has 1 aromatic carbocycles. The van der Waals surface area contributed by atoms with Crippen LogP contribution in [0.2, 0.25) is 0 Å². The van der Waals surface area contributed by atoms with Crippen LogP contribution in [0.15, 0.2) is 36.5 Å². The molecule has 4 heteroatoms. The second kappa shape index (κ2) is 5.13. The van der Waals surface area contributed by atoms with Gasteiger partial charge in [0.1, 0.15) is 17.2 Å². The topological polar surface area (TPSA) is 8.29 Å². The van der Waals surface area contributed by atoms with E-state index in [1.54, 1.807) is 0 Å². The van der Waals surface area contributed by atoms with Gasteiger partial charge in [-0.15, -0.1) is 9.20 Å². The molecule has 0 aliphatic carbocycles. The van der Waals surface area contributed by atoms with Crippen molar-refractivity contribution in [2.75, 3.05) is 0 Å². The first kappa shape index (κ1) is 15.3. The summed E-state index contributed by atoms with van der Waals surface area (Å²) in [7, 11) is 0. The minimum Gasteiger partial charge on any atom is -0.207 e. The molecule has 2 nitrogen and oxygen atoms in total. The molecule has 0 amide bonds. The van der Waals surface area contributed by atoms with E-state index in [9.17, 15) is 8.78 Å². The van der Waals surface area contributed by atoms with Gasteiger partial charge in [0.2, 0.25) is 5.69 Å². The van der Waals surface area contributed by atoms with E-state index in [0.29, 0.717) is 5.56 Å². The Hall–Kier alpha value is -2.23. The van der Waals surface area contributed by atoms with Gasteiger partial charge in [0.15, 0.2) is 6.54 Å². The van der Waals surface area contributed by atoms with Crippen LogP contribution in [0.3, 0.4) is 0 Å². The summed E-state index contributed by atoms with van der Waals surface area (Å²) in [5, 5.41) is 0. The molecule has 1 aliphatic heterocycles. The molecule has 3 heterocycles. The number of hydrogen-bond donors (Lipinski definition) is 0. The molecular formula is C20H21F2N2+. The first-order valence-corrected chi connectivity index (χ1v) is 8.51. The standard InChI is InChI=1S/C20H21F2N2/c1-4-20(5-2)12-24-18(11-15-8-13(3)6-7-23(15)24)19-16(20)9-14(21)10-17(19)22/h6-11H,4-5,12H2,1-3H3/q+1. The second-order valence-electron chi connectivity index (χ2n) is 6.86. The molecule has 0 atom stereocenters. The molecule has 0 bridgehead atoms. The molecule has 0 saturated heterocycles. The molecule has 2 aromatic heterocycles. The van der Waals surface area contributed by atoms with E-state index >= 15 is 0 Å². The molecule has 1 aliphatic rings. The van der Waals surface area contributed by atoms with Gasteiger partial charge in [-0.05, 0) is 49.1 Å². The molecule has 4 rings (SSSR count). The van der Waals surface area contributed by atoms with Crippen molar-refractivity contribution >= 4 is 5.52 Å². The fourth-order valence-electron chi connectivity index (χ4n) is 4.12. The van der Waals surface area contributed by atoms with Crippen LogP contribution in [0.4, 0.5) is 8.78 Å². The summed E-state index contributed by atoms with van der Waals surface area (Å²) in [6, 6.07) is 8.67.